The Morgan fingerprint density at radius 1 is 0.974 bits per heavy atom. The summed E-state index contributed by atoms with van der Waals surface area (Å²) in [7, 11) is -1.48. The van der Waals surface area contributed by atoms with E-state index >= 15 is 0 Å². The number of para-hydroxylation sites is 1. The van der Waals surface area contributed by atoms with Crippen molar-refractivity contribution in [3.05, 3.63) is 70.2 Å². The second-order valence-electron chi connectivity index (χ2n) is 9.90. The van der Waals surface area contributed by atoms with Gasteiger partial charge >= 0.3 is 19.5 Å². The van der Waals surface area contributed by atoms with Gasteiger partial charge in [0.15, 0.2) is 0 Å². The molecule has 3 aliphatic rings. The largest absolute Gasteiger partial charge is 0.508 e. The molecule has 1 aliphatic carbocycles. The van der Waals surface area contributed by atoms with E-state index in [-0.39, 0.29) is 24.7 Å². The number of phenolic OH excluding ortho intramolecular Hbond substituents is 1. The summed E-state index contributed by atoms with van der Waals surface area (Å²) in [4.78, 5) is 27.6. The summed E-state index contributed by atoms with van der Waals surface area (Å²) in [6.45, 7) is 1.77. The summed E-state index contributed by atoms with van der Waals surface area (Å²) < 4.78 is 86.7. The van der Waals surface area contributed by atoms with Crippen LogP contribution in [0.15, 0.2) is 53.5 Å². The molecule has 4 atom stereocenters. The highest BCUT2D eigenvalue weighted by Gasteiger charge is 2.58. The van der Waals surface area contributed by atoms with Gasteiger partial charge in [-0.1, -0.05) is 30.7 Å². The van der Waals surface area contributed by atoms with Crippen LogP contribution in [0.1, 0.15) is 49.0 Å². The predicted molar refractivity (Wildman–Crippen MR) is 126 cm³/mol. The maximum absolute atomic E-state index is 13.7. The smallest absolute Gasteiger partial charge is 0.487 e. The first-order valence-corrected chi connectivity index (χ1v) is 12.2. The fourth-order valence-corrected chi connectivity index (χ4v) is 6.03. The Hall–Kier alpha value is -3.32. The normalized spacial score (nSPS) is 25.7. The van der Waals surface area contributed by atoms with Gasteiger partial charge in [-0.15, -0.1) is 0 Å². The van der Waals surface area contributed by atoms with E-state index < -0.39 is 72.0 Å². The van der Waals surface area contributed by atoms with Crippen molar-refractivity contribution in [2.24, 2.45) is 17.8 Å². The van der Waals surface area contributed by atoms with E-state index in [1.807, 2.05) is 0 Å². The average molecular weight is 553 g/mol. The molecule has 2 saturated heterocycles. The number of carbonyl (C=O) groups excluding carboxylic acids is 2. The van der Waals surface area contributed by atoms with Crippen LogP contribution in [0.5, 0.6) is 5.75 Å². The minimum atomic E-state index is -5.16. The van der Waals surface area contributed by atoms with Gasteiger partial charge in [0.2, 0.25) is 11.8 Å². The molecule has 2 aromatic rings. The van der Waals surface area contributed by atoms with E-state index in [0.717, 1.165) is 0 Å². The van der Waals surface area contributed by atoms with Gasteiger partial charge in [0, 0.05) is 5.56 Å². The molecule has 0 spiro atoms. The second kappa shape index (κ2) is 9.41. The monoisotopic (exact) mass is 553 g/mol. The minimum Gasteiger partial charge on any atom is -0.508 e. The van der Waals surface area contributed by atoms with Crippen LogP contribution in [-0.4, -0.2) is 29.1 Å². The number of hydrogen-bond acceptors (Lipinski definition) is 5. The van der Waals surface area contributed by atoms with Gasteiger partial charge in [-0.3, -0.25) is 9.59 Å². The fourth-order valence-electron chi connectivity index (χ4n) is 6.03. The zero-order chi connectivity index (χ0) is 28.4. The van der Waals surface area contributed by atoms with Gasteiger partial charge in [0.25, 0.3) is 0 Å². The Labute approximate surface area is 219 Å². The highest BCUT2D eigenvalue weighted by Crippen LogP contribution is 2.53. The Balaban J connectivity index is 1.58. The van der Waals surface area contributed by atoms with Crippen molar-refractivity contribution in [1.82, 2.24) is 0 Å². The molecule has 0 bridgehead atoms. The molecule has 0 radical (unpaired) electrons. The number of fused-ring (bicyclic) bond motifs is 3. The van der Waals surface area contributed by atoms with Crippen molar-refractivity contribution in [2.45, 2.75) is 44.6 Å². The summed E-state index contributed by atoms with van der Waals surface area (Å²) in [6, 6.07) is 6.85. The number of halogens is 6. The highest BCUT2D eigenvalue weighted by atomic mass is 19.4. The van der Waals surface area contributed by atoms with Gasteiger partial charge in [-0.25, -0.2) is 4.90 Å². The quantitative estimate of drug-likeness (QED) is 0.300. The third-order valence-electron chi connectivity index (χ3n) is 7.75. The van der Waals surface area contributed by atoms with E-state index in [9.17, 15) is 46.1 Å². The van der Waals surface area contributed by atoms with E-state index in [4.69, 9.17) is 4.65 Å². The first-order valence-electron chi connectivity index (χ1n) is 12.2. The third-order valence-corrected chi connectivity index (χ3v) is 7.75. The molecule has 206 valence electrons. The summed E-state index contributed by atoms with van der Waals surface area (Å²) in [6.07, 6.45) is -10.8. The van der Waals surface area contributed by atoms with Crippen molar-refractivity contribution >= 4 is 24.6 Å². The zero-order valence-corrected chi connectivity index (χ0v) is 20.4. The molecule has 2 heterocycles. The minimum absolute atomic E-state index is 0.000830. The first kappa shape index (κ1) is 27.3. The molecular formula is C26H22BF6NO5. The van der Waals surface area contributed by atoms with Gasteiger partial charge < -0.3 is 14.8 Å². The fraction of sp³-hybridized carbons (Fsp3) is 0.385. The topological polar surface area (TPSA) is 87.1 Å². The summed E-state index contributed by atoms with van der Waals surface area (Å²) in [5.41, 5.74) is -2.75. The molecule has 0 unspecified atom stereocenters. The molecule has 13 heteroatoms. The highest BCUT2D eigenvalue weighted by molar-refractivity contribution is 6.53. The predicted octanol–water partition coefficient (Wildman–Crippen LogP) is 5.44. The molecule has 0 saturated carbocycles. The third kappa shape index (κ3) is 4.61. The standard InChI is InChI=1S/C26H22BF6NO5/c1-2-12-7-18-21(17-11-20(39-27(38)22(12)17)16-5-3-4-6-19(16)35)24(37)34(23(18)36)15-9-13(25(28,29)30)8-14(10-15)26(31,32)33/h3-6,8-10,17-18,20-21,35,38H,2,7,11H2,1H3/t17-,18-,20-,21+/m0/s1. The van der Waals surface area contributed by atoms with Crippen LogP contribution >= 0.6 is 0 Å². The average Bonchev–Trinajstić information content (AvgIpc) is 3.11. The molecule has 2 amide bonds. The van der Waals surface area contributed by atoms with Crippen molar-refractivity contribution < 1.29 is 50.7 Å². The number of allylic oxidation sites excluding steroid dienone is 2. The zero-order valence-electron chi connectivity index (χ0n) is 20.4. The molecule has 39 heavy (non-hydrogen) atoms. The number of anilines is 1. The number of amides is 2. The molecular weight excluding hydrogens is 531 g/mol. The van der Waals surface area contributed by atoms with Crippen LogP contribution in [0.3, 0.4) is 0 Å². The number of aromatic hydroxyl groups is 1. The number of alkyl halides is 6. The Bertz CT molecular complexity index is 1340. The van der Waals surface area contributed by atoms with Gasteiger partial charge in [0.05, 0.1) is 34.8 Å². The van der Waals surface area contributed by atoms with Crippen LogP contribution in [0, 0.1) is 17.8 Å². The van der Waals surface area contributed by atoms with Gasteiger partial charge in [-0.2, -0.15) is 26.3 Å². The van der Waals surface area contributed by atoms with Crippen molar-refractivity contribution in [3.63, 3.8) is 0 Å². The molecule has 6 nitrogen and oxygen atoms in total. The van der Waals surface area contributed by atoms with Crippen LogP contribution < -0.4 is 4.90 Å². The Kier molecular flexibility index (Phi) is 6.57. The molecule has 2 fully saturated rings. The maximum atomic E-state index is 13.7. The van der Waals surface area contributed by atoms with E-state index in [1.165, 1.54) is 6.07 Å². The van der Waals surface area contributed by atoms with Crippen molar-refractivity contribution in [3.8, 4) is 5.75 Å². The molecule has 0 aromatic heterocycles. The van der Waals surface area contributed by atoms with Crippen molar-refractivity contribution in [2.75, 3.05) is 4.90 Å². The summed E-state index contributed by atoms with van der Waals surface area (Å²) >= 11 is 0. The number of hydrogen-bond donors (Lipinski definition) is 2. The lowest BCUT2D eigenvalue weighted by Crippen LogP contribution is -2.44. The van der Waals surface area contributed by atoms with Crippen LogP contribution in [0.25, 0.3) is 0 Å². The first-order chi connectivity index (χ1) is 18.2. The number of benzene rings is 2. The maximum Gasteiger partial charge on any atom is 0.487 e. The van der Waals surface area contributed by atoms with Crippen LogP contribution in [-0.2, 0) is 26.6 Å². The lowest BCUT2D eigenvalue weighted by atomic mass is 9.55. The Morgan fingerprint density at radius 3 is 2.15 bits per heavy atom. The van der Waals surface area contributed by atoms with Gasteiger partial charge in [-0.05, 0) is 54.9 Å². The summed E-state index contributed by atoms with van der Waals surface area (Å²) in [5, 5.41) is 21.2. The van der Waals surface area contributed by atoms with E-state index in [2.05, 4.69) is 0 Å². The van der Waals surface area contributed by atoms with Crippen LogP contribution in [0.4, 0.5) is 32.0 Å². The number of imide groups is 1. The van der Waals surface area contributed by atoms with E-state index in [0.29, 0.717) is 40.1 Å². The number of carbonyl (C=O) groups is 2. The molecule has 2 N–H and O–H groups in total. The number of phenols is 1. The number of rotatable bonds is 3. The van der Waals surface area contributed by atoms with Crippen molar-refractivity contribution in [1.29, 1.82) is 0 Å². The van der Waals surface area contributed by atoms with Gasteiger partial charge in [0.1, 0.15) is 5.75 Å². The molecule has 2 aliphatic heterocycles. The van der Waals surface area contributed by atoms with E-state index in [1.54, 1.807) is 25.1 Å². The second-order valence-corrected chi connectivity index (χ2v) is 9.90. The number of nitrogens with zero attached hydrogens (tertiary/aromatic N) is 1. The molecule has 5 rings (SSSR count). The lowest BCUT2D eigenvalue weighted by Gasteiger charge is -2.42. The van der Waals surface area contributed by atoms with Crippen LogP contribution in [0.2, 0.25) is 0 Å². The SMILES string of the molecule is CCC1=C2B(O)O[C@H](c3ccccc3O)C[C@H]2[C@H]2C(=O)N(c3cc(C(F)(F)F)cc(C(F)(F)F)c3)C(=O)[C@H]2C1. The molecule has 2 aromatic carbocycles. The lowest BCUT2D eigenvalue weighted by molar-refractivity contribution is -0.143. The summed E-state index contributed by atoms with van der Waals surface area (Å²) in [5.74, 6) is -4.94. The Morgan fingerprint density at radius 2 is 1.59 bits per heavy atom.